The van der Waals surface area contributed by atoms with E-state index >= 15 is 0 Å². The molecule has 0 saturated carbocycles. The molecule has 8 nitrogen and oxygen atoms in total. The predicted octanol–water partition coefficient (Wildman–Crippen LogP) is 10.00. The minimum Gasteiger partial charge on any atom is -0.542 e. The third kappa shape index (κ3) is 8.13. The second-order valence-corrected chi connectivity index (χ2v) is 30.1. The topological polar surface area (TPSA) is 99.0 Å². The fourth-order valence-corrected chi connectivity index (χ4v) is 16.0. The zero-order chi connectivity index (χ0) is 39.3. The summed E-state index contributed by atoms with van der Waals surface area (Å²) >= 11 is 3.85. The molecule has 0 radical (unpaired) electrons. The Labute approximate surface area is 328 Å². The minimum atomic E-state index is -4.05. The van der Waals surface area contributed by atoms with Crippen molar-refractivity contribution in [1.82, 2.24) is 9.29 Å². The quantitative estimate of drug-likeness (QED) is 0.162. The number of carbonyl (C=O) groups excluding carboxylic acids is 1. The van der Waals surface area contributed by atoms with Gasteiger partial charge in [0.2, 0.25) is 5.78 Å². The minimum absolute atomic E-state index is 0.00752. The van der Waals surface area contributed by atoms with Gasteiger partial charge in [0.05, 0.1) is 33.4 Å². The molecule has 1 aromatic heterocycles. The first-order valence-corrected chi connectivity index (χ1v) is 26.1. The lowest BCUT2D eigenvalue weighted by atomic mass is 9.92. The molecule has 0 fully saturated rings. The lowest BCUT2D eigenvalue weighted by Gasteiger charge is -2.42. The summed E-state index contributed by atoms with van der Waals surface area (Å²) in [6.07, 6.45) is 4.53. The Bertz CT molecular complexity index is 2000. The van der Waals surface area contributed by atoms with Crippen LogP contribution in [0.1, 0.15) is 95.1 Å². The van der Waals surface area contributed by atoms with E-state index in [1.54, 1.807) is 36.5 Å². The summed E-state index contributed by atoms with van der Waals surface area (Å²) in [6, 6.07) is 12.7. The van der Waals surface area contributed by atoms with Crippen molar-refractivity contribution in [3.05, 3.63) is 92.9 Å². The van der Waals surface area contributed by atoms with Crippen LogP contribution in [0.3, 0.4) is 0 Å². The van der Waals surface area contributed by atoms with Gasteiger partial charge in [-0.25, -0.2) is 12.4 Å². The Morgan fingerprint density at radius 3 is 2.17 bits per heavy atom. The first-order chi connectivity index (χ1) is 24.6. The number of nitrogens with one attached hydrogen (secondary N) is 1. The second-order valence-electron chi connectivity index (χ2n) is 17.2. The molecule has 288 valence electrons. The number of aliphatic imine (C=N–C) groups is 1. The third-order valence-electron chi connectivity index (χ3n) is 11.6. The van der Waals surface area contributed by atoms with Gasteiger partial charge in [0.1, 0.15) is 11.4 Å². The second kappa shape index (κ2) is 15.4. The van der Waals surface area contributed by atoms with Crippen molar-refractivity contribution in [1.29, 1.82) is 0 Å². The maximum Gasteiger partial charge on any atom is 0.268 e. The molecule has 0 amide bonds. The Kier molecular flexibility index (Phi) is 12.0. The van der Waals surface area contributed by atoms with Crippen LogP contribution in [0, 0.1) is 6.92 Å². The lowest BCUT2D eigenvalue weighted by molar-refractivity contribution is 0.101. The van der Waals surface area contributed by atoms with Crippen LogP contribution >= 0.6 is 15.9 Å². The Morgan fingerprint density at radius 1 is 0.981 bits per heavy atom. The van der Waals surface area contributed by atoms with Gasteiger partial charge in [0.25, 0.3) is 18.3 Å². The van der Waals surface area contributed by atoms with E-state index in [0.717, 1.165) is 26.9 Å². The predicted molar refractivity (Wildman–Crippen MR) is 225 cm³/mol. The number of carbonyl (C=O) groups is 1. The molecular formula is C41H58BrN3O5SSi2. The molecular weight excluding hydrogens is 783 g/mol. The van der Waals surface area contributed by atoms with Gasteiger partial charge in [-0.3, -0.25) is 9.79 Å². The van der Waals surface area contributed by atoms with E-state index in [1.807, 2.05) is 6.92 Å². The van der Waals surface area contributed by atoms with Gasteiger partial charge in [-0.2, -0.15) is 0 Å². The number of Topliss-reactive ketones (excluding diaryl/α,β-unsaturated/α-hetero) is 1. The molecule has 1 atom stereocenters. The van der Waals surface area contributed by atoms with Crippen LogP contribution < -0.4 is 9.74 Å². The van der Waals surface area contributed by atoms with Gasteiger partial charge >= 0.3 is 0 Å². The van der Waals surface area contributed by atoms with Crippen LogP contribution in [0.4, 0.5) is 0 Å². The molecule has 2 heterocycles. The molecule has 1 aliphatic heterocycles. The van der Waals surface area contributed by atoms with Gasteiger partial charge in [0.15, 0.2) is 8.32 Å². The number of allylic oxidation sites excluding steroid dienone is 2. The maximum absolute atomic E-state index is 14.5. The van der Waals surface area contributed by atoms with E-state index in [1.165, 1.54) is 3.97 Å². The highest BCUT2D eigenvalue weighted by Gasteiger charge is 2.47. The van der Waals surface area contributed by atoms with E-state index in [2.05, 4.69) is 115 Å². The standard InChI is InChI=1S/C41H58BrN3O5SSi2/c1-26(2)53(27(3)4,28(5)6)50-37-18-15-30(22-34(37)42)21-32(25-49-52(11,12)41(8,9)10)44-36-23-35-38-31(19-20-43-35)24-45(39(38)40(36)46)51(47,48)33-16-13-29(7)14-17-33/h13-18,22-24,26-28,32,44H,19-21,25H2,1-12H3/t32-/m0/s1. The molecule has 1 N–H and O–H groups in total. The Morgan fingerprint density at radius 2 is 1.60 bits per heavy atom. The van der Waals surface area contributed by atoms with Gasteiger partial charge in [0, 0.05) is 18.3 Å². The normalized spacial score (nSPS) is 15.8. The summed E-state index contributed by atoms with van der Waals surface area (Å²) in [5.41, 5.74) is 5.82. The summed E-state index contributed by atoms with van der Waals surface area (Å²) < 4.78 is 44.0. The molecule has 0 bridgehead atoms. The zero-order valence-electron chi connectivity index (χ0n) is 33.6. The van der Waals surface area contributed by atoms with Gasteiger partial charge < -0.3 is 14.2 Å². The summed E-state index contributed by atoms with van der Waals surface area (Å²) in [5.74, 6) is 0.486. The number of halogens is 1. The molecule has 5 rings (SSSR count). The van der Waals surface area contributed by atoms with E-state index < -0.39 is 26.7 Å². The SMILES string of the molecule is Cc1ccc(S(=O)(=O)n2cc3c4c2C(=O)C(N[C@H](CO[Si](C)(C)C(C)(C)C)Cc2ccc(O[Si](C(C)C)(C(C)C)C(C)C)c(Br)c2)=CC4=NCC3)cc1. The summed E-state index contributed by atoms with van der Waals surface area (Å²) in [6.45, 7) is 27.6. The molecule has 12 heteroatoms. The monoisotopic (exact) mass is 839 g/mol. The smallest absolute Gasteiger partial charge is 0.268 e. The molecule has 3 aromatic rings. The van der Waals surface area contributed by atoms with Crippen LogP contribution in [-0.2, 0) is 27.3 Å². The molecule has 1 aliphatic carbocycles. The molecule has 0 saturated heterocycles. The number of hydrogen-bond acceptors (Lipinski definition) is 7. The summed E-state index contributed by atoms with van der Waals surface area (Å²) in [7, 11) is -8.38. The third-order valence-corrected chi connectivity index (χ3v) is 24.4. The van der Waals surface area contributed by atoms with Crippen LogP contribution in [-0.4, -0.2) is 59.7 Å². The number of rotatable bonds is 14. The summed E-state index contributed by atoms with van der Waals surface area (Å²) in [4.78, 5) is 19.4. The first-order valence-electron chi connectivity index (χ1n) is 18.9. The maximum atomic E-state index is 14.5. The average molecular weight is 841 g/mol. The molecule has 2 aromatic carbocycles. The first kappa shape index (κ1) is 41.4. The number of nitrogens with zero attached hydrogens (tertiary/aromatic N) is 2. The van der Waals surface area contributed by atoms with Crippen molar-refractivity contribution in [3.63, 3.8) is 0 Å². The number of ketones is 1. The van der Waals surface area contributed by atoms with Crippen LogP contribution in [0.5, 0.6) is 5.75 Å². The molecule has 2 aliphatic rings. The highest BCUT2D eigenvalue weighted by Crippen LogP contribution is 2.44. The van der Waals surface area contributed by atoms with E-state index in [4.69, 9.17) is 13.8 Å². The molecule has 0 unspecified atom stereocenters. The fraction of sp³-hybridized carbons (Fsp3) is 0.512. The average Bonchev–Trinajstić information content (AvgIpc) is 3.47. The fourth-order valence-electron chi connectivity index (χ4n) is 7.65. The Hall–Kier alpha value is -2.78. The van der Waals surface area contributed by atoms with Crippen LogP contribution in [0.15, 0.2) is 74.8 Å². The highest BCUT2D eigenvalue weighted by atomic mass is 79.9. The number of aryl methyl sites for hydroxylation is 1. The van der Waals surface area contributed by atoms with Gasteiger partial charge in [-0.1, -0.05) is 86.1 Å². The number of aromatic nitrogens is 1. The summed E-state index contributed by atoms with van der Waals surface area (Å²) in [5, 5.41) is 3.53. The number of benzene rings is 2. The van der Waals surface area contributed by atoms with Crippen LogP contribution in [0.25, 0.3) is 0 Å². The number of hydrogen-bond donors (Lipinski definition) is 1. The van der Waals surface area contributed by atoms with E-state index in [-0.39, 0.29) is 27.5 Å². The highest BCUT2D eigenvalue weighted by molar-refractivity contribution is 9.10. The zero-order valence-corrected chi connectivity index (χ0v) is 38.0. The van der Waals surface area contributed by atoms with Crippen molar-refractivity contribution < 1.29 is 22.1 Å². The largest absolute Gasteiger partial charge is 0.542 e. The van der Waals surface area contributed by atoms with Crippen molar-refractivity contribution in [2.24, 2.45) is 4.99 Å². The van der Waals surface area contributed by atoms with Crippen molar-refractivity contribution in [2.75, 3.05) is 13.2 Å². The lowest BCUT2D eigenvalue weighted by Crippen LogP contribution is -2.50. The van der Waals surface area contributed by atoms with E-state index in [9.17, 15) is 13.2 Å². The molecule has 53 heavy (non-hydrogen) atoms. The van der Waals surface area contributed by atoms with Crippen LogP contribution in [0.2, 0.25) is 34.8 Å². The Balaban J connectivity index is 1.50. The van der Waals surface area contributed by atoms with Gasteiger partial charge in [-0.05, 0) is 112 Å². The van der Waals surface area contributed by atoms with E-state index in [0.29, 0.717) is 59.6 Å². The van der Waals surface area contributed by atoms with Gasteiger partial charge in [-0.15, -0.1) is 0 Å². The van der Waals surface area contributed by atoms with Crippen molar-refractivity contribution in [2.45, 2.75) is 128 Å². The van der Waals surface area contributed by atoms with Crippen molar-refractivity contribution in [3.8, 4) is 5.75 Å². The van der Waals surface area contributed by atoms with Crippen molar-refractivity contribution >= 4 is 54.1 Å². The molecule has 0 spiro atoms.